The fourth-order valence-electron chi connectivity index (χ4n) is 2.22. The summed E-state index contributed by atoms with van der Waals surface area (Å²) in [6, 6.07) is 12.0. The van der Waals surface area contributed by atoms with Crippen LogP contribution in [0.4, 0.5) is 0 Å². The first-order chi connectivity index (χ1) is 12.9. The van der Waals surface area contributed by atoms with E-state index in [1.54, 1.807) is 55.5 Å². The molecule has 2 aromatic rings. The third-order valence-electron chi connectivity index (χ3n) is 3.37. The van der Waals surface area contributed by atoms with Crippen LogP contribution < -0.4 is 4.74 Å². The first kappa shape index (κ1) is 21.1. The number of oxime groups is 1. The van der Waals surface area contributed by atoms with E-state index in [9.17, 15) is 9.90 Å². The van der Waals surface area contributed by atoms with Gasteiger partial charge in [0, 0.05) is 5.56 Å². The molecule has 0 saturated carbocycles. The maximum atomic E-state index is 11.5. The summed E-state index contributed by atoms with van der Waals surface area (Å²) in [4.78, 5) is 16.4. The molecule has 2 rings (SSSR count). The fourth-order valence-corrected chi connectivity index (χ4v) is 2.71. The van der Waals surface area contributed by atoms with E-state index in [0.717, 1.165) is 5.56 Å². The van der Waals surface area contributed by atoms with Gasteiger partial charge in [0.25, 0.3) is 0 Å². The Balaban J connectivity index is 2.24. The lowest BCUT2D eigenvalue weighted by molar-refractivity contribution is -0.129. The van der Waals surface area contributed by atoms with Crippen LogP contribution in [0.2, 0.25) is 5.02 Å². The monoisotopic (exact) mass is 427 g/mol. The predicted octanol–water partition coefficient (Wildman–Crippen LogP) is 5.52. The molecule has 0 amide bonds. The Labute approximate surface area is 171 Å². The van der Waals surface area contributed by atoms with Crippen LogP contribution >= 0.6 is 34.8 Å². The quantitative estimate of drug-likeness (QED) is 0.444. The topological polar surface area (TPSA) is 68.1 Å². The molecule has 0 heterocycles. The Morgan fingerprint density at radius 2 is 1.96 bits per heavy atom. The van der Waals surface area contributed by atoms with Gasteiger partial charge in [-0.2, -0.15) is 0 Å². The van der Waals surface area contributed by atoms with Gasteiger partial charge in [-0.15, -0.1) is 0 Å². The van der Waals surface area contributed by atoms with E-state index in [2.05, 4.69) is 5.16 Å². The van der Waals surface area contributed by atoms with Crippen molar-refractivity contribution in [2.24, 2.45) is 5.16 Å². The first-order valence-electron chi connectivity index (χ1n) is 7.89. The highest BCUT2D eigenvalue weighted by atomic mass is 35.5. The Morgan fingerprint density at radius 1 is 1.22 bits per heavy atom. The highest BCUT2D eigenvalue weighted by molar-refractivity contribution is 6.57. The summed E-state index contributed by atoms with van der Waals surface area (Å²) >= 11 is 17.5. The van der Waals surface area contributed by atoms with E-state index in [-0.39, 0.29) is 23.4 Å². The molecule has 5 nitrogen and oxygen atoms in total. The van der Waals surface area contributed by atoms with Gasteiger partial charge in [-0.3, -0.25) is 0 Å². The minimum Gasteiger partial charge on any atom is -0.487 e. The molecule has 0 aromatic heterocycles. The summed E-state index contributed by atoms with van der Waals surface area (Å²) in [7, 11) is 0. The molecule has 27 heavy (non-hydrogen) atoms. The number of aliphatic carboxylic acids is 1. The smallest absolute Gasteiger partial charge is 0.358 e. The van der Waals surface area contributed by atoms with Crippen LogP contribution in [-0.2, 0) is 16.2 Å². The number of hydrogen-bond acceptors (Lipinski definition) is 4. The van der Waals surface area contributed by atoms with Crippen molar-refractivity contribution in [3.8, 4) is 5.75 Å². The molecular weight excluding hydrogens is 413 g/mol. The third-order valence-corrected chi connectivity index (χ3v) is 3.89. The summed E-state index contributed by atoms with van der Waals surface area (Å²) in [6.45, 7) is 2.08. The molecule has 0 spiro atoms. The first-order valence-corrected chi connectivity index (χ1v) is 9.02. The van der Waals surface area contributed by atoms with Crippen LogP contribution in [0.25, 0.3) is 6.08 Å². The van der Waals surface area contributed by atoms with Gasteiger partial charge in [0.1, 0.15) is 23.5 Å². The number of ether oxygens (including phenoxy) is 1. The van der Waals surface area contributed by atoms with Gasteiger partial charge in [-0.1, -0.05) is 70.3 Å². The van der Waals surface area contributed by atoms with Crippen LogP contribution in [-0.4, -0.2) is 23.4 Å². The molecule has 142 valence electrons. The van der Waals surface area contributed by atoms with Crippen molar-refractivity contribution < 1.29 is 19.5 Å². The second-order valence-corrected chi connectivity index (χ2v) is 6.65. The number of halogens is 3. The molecule has 0 saturated heterocycles. The van der Waals surface area contributed by atoms with Gasteiger partial charge >= 0.3 is 5.97 Å². The lowest BCUT2D eigenvalue weighted by Crippen LogP contribution is -2.18. The van der Waals surface area contributed by atoms with E-state index in [1.165, 1.54) is 0 Å². The summed E-state index contributed by atoms with van der Waals surface area (Å²) in [5, 5.41) is 13.5. The van der Waals surface area contributed by atoms with E-state index >= 15 is 0 Å². The molecule has 0 bridgehead atoms. The van der Waals surface area contributed by atoms with Crippen LogP contribution in [0.15, 0.2) is 52.1 Å². The van der Waals surface area contributed by atoms with E-state index in [4.69, 9.17) is 44.4 Å². The zero-order valence-electron chi connectivity index (χ0n) is 14.3. The van der Waals surface area contributed by atoms with Crippen LogP contribution in [0.3, 0.4) is 0 Å². The van der Waals surface area contributed by atoms with Crippen molar-refractivity contribution in [1.82, 2.24) is 0 Å². The molecule has 0 aliphatic rings. The van der Waals surface area contributed by atoms with Crippen LogP contribution in [0, 0.1) is 0 Å². The van der Waals surface area contributed by atoms with Gasteiger partial charge in [0.2, 0.25) is 0 Å². The molecule has 0 aliphatic carbocycles. The number of carboxylic acid groups (broad SMARTS) is 1. The largest absolute Gasteiger partial charge is 0.487 e. The van der Waals surface area contributed by atoms with Crippen LogP contribution in [0.1, 0.15) is 23.6 Å². The highest BCUT2D eigenvalue weighted by Crippen LogP contribution is 2.28. The Bertz CT molecular complexity index is 877. The van der Waals surface area contributed by atoms with Gasteiger partial charge < -0.3 is 14.7 Å². The van der Waals surface area contributed by atoms with Crippen molar-refractivity contribution in [3.63, 3.8) is 0 Å². The summed E-state index contributed by atoms with van der Waals surface area (Å²) in [5.41, 5.74) is 1.56. The minimum absolute atomic E-state index is 0.0970. The van der Waals surface area contributed by atoms with Crippen molar-refractivity contribution in [1.29, 1.82) is 0 Å². The van der Waals surface area contributed by atoms with Gasteiger partial charge in [-0.05, 0) is 36.3 Å². The van der Waals surface area contributed by atoms with Crippen LogP contribution in [0.5, 0.6) is 5.75 Å². The second kappa shape index (κ2) is 10.2. The minimum atomic E-state index is -1.19. The molecule has 1 N–H and O–H groups in total. The Hall–Kier alpha value is -2.21. The SMILES string of the molecule is CCO/N=C(/C(=O)O)c1ccccc1COc1ccc(C=C(Cl)Cl)cc1Cl. The molecule has 8 heteroatoms. The average Bonchev–Trinajstić information content (AvgIpc) is 2.61. The number of nitrogens with zero attached hydrogens (tertiary/aromatic N) is 1. The standard InChI is InChI=1S/C19H16Cl3NO4/c1-2-27-23-18(19(24)25)14-6-4-3-5-13(14)11-26-16-8-7-12(9-15(16)20)10-17(21)22/h3-10H,2,11H2,1H3,(H,24,25)/b23-18+. The van der Waals surface area contributed by atoms with Crippen molar-refractivity contribution in [2.75, 3.05) is 6.61 Å². The van der Waals surface area contributed by atoms with Crippen molar-refractivity contribution in [2.45, 2.75) is 13.5 Å². The molecule has 0 aliphatic heterocycles. The maximum Gasteiger partial charge on any atom is 0.358 e. The zero-order valence-corrected chi connectivity index (χ0v) is 16.6. The van der Waals surface area contributed by atoms with Crippen molar-refractivity contribution >= 4 is 52.6 Å². The Kier molecular flexibility index (Phi) is 7.98. The van der Waals surface area contributed by atoms with E-state index < -0.39 is 5.97 Å². The lowest BCUT2D eigenvalue weighted by Gasteiger charge is -2.12. The summed E-state index contributed by atoms with van der Waals surface area (Å²) in [6.07, 6.45) is 1.55. The second-order valence-electron chi connectivity index (χ2n) is 5.23. The summed E-state index contributed by atoms with van der Waals surface area (Å²) in [5.74, 6) is -0.754. The van der Waals surface area contributed by atoms with Gasteiger partial charge in [-0.25, -0.2) is 4.79 Å². The Morgan fingerprint density at radius 3 is 2.59 bits per heavy atom. The number of carbonyl (C=O) groups is 1. The molecule has 0 radical (unpaired) electrons. The number of hydrogen-bond donors (Lipinski definition) is 1. The highest BCUT2D eigenvalue weighted by Gasteiger charge is 2.18. The van der Waals surface area contributed by atoms with E-state index in [1.807, 2.05) is 0 Å². The third kappa shape index (κ3) is 6.17. The number of benzene rings is 2. The maximum absolute atomic E-state index is 11.5. The number of rotatable bonds is 8. The summed E-state index contributed by atoms with van der Waals surface area (Å²) < 4.78 is 5.86. The molecule has 0 unspecified atom stereocenters. The molecule has 0 fully saturated rings. The fraction of sp³-hybridized carbons (Fsp3) is 0.158. The van der Waals surface area contributed by atoms with E-state index in [0.29, 0.717) is 21.9 Å². The molecular formula is C19H16Cl3NO4. The lowest BCUT2D eigenvalue weighted by atomic mass is 10.0. The predicted molar refractivity (Wildman–Crippen MR) is 108 cm³/mol. The van der Waals surface area contributed by atoms with Gasteiger partial charge in [0.15, 0.2) is 5.71 Å². The zero-order chi connectivity index (χ0) is 19.8. The van der Waals surface area contributed by atoms with Crippen molar-refractivity contribution in [3.05, 3.63) is 68.7 Å². The van der Waals surface area contributed by atoms with Gasteiger partial charge in [0.05, 0.1) is 5.02 Å². The number of carboxylic acids is 1. The molecule has 2 aromatic carbocycles. The average molecular weight is 429 g/mol. The normalized spacial score (nSPS) is 11.0. The molecule has 0 atom stereocenters.